The minimum atomic E-state index is -0.933. The molecule has 3 aromatic rings. The summed E-state index contributed by atoms with van der Waals surface area (Å²) in [7, 11) is 0. The molecule has 128 valence electrons. The van der Waals surface area contributed by atoms with Crippen LogP contribution in [0, 0.1) is 0 Å². The normalized spacial score (nSPS) is 13.2. The Morgan fingerprint density at radius 2 is 1.64 bits per heavy atom. The number of aliphatic hydroxyl groups is 1. The lowest BCUT2D eigenvalue weighted by Crippen LogP contribution is -2.27. The van der Waals surface area contributed by atoms with Crippen LogP contribution in [-0.2, 0) is 0 Å². The topological polar surface area (TPSA) is 75.4 Å². The van der Waals surface area contributed by atoms with Crippen LogP contribution in [0.25, 0.3) is 11.3 Å². The van der Waals surface area contributed by atoms with Gasteiger partial charge in [0, 0.05) is 5.56 Å². The number of nitrogens with one attached hydrogen (secondary N) is 1. The standard InChI is InChI=1S/C20H20N2O3/c1-13(15-9-5-3-6-10-15)21-20(24)17-18(16-11-7-4-8-12-16)22-25-19(17)14(2)23/h3-14,23H,1-2H3,(H,21,24)/t13-,14+/m1/s1. The molecule has 1 heterocycles. The van der Waals surface area contributed by atoms with Gasteiger partial charge in [0.15, 0.2) is 5.76 Å². The summed E-state index contributed by atoms with van der Waals surface area (Å²) in [4.78, 5) is 12.9. The van der Waals surface area contributed by atoms with E-state index in [0.717, 1.165) is 11.1 Å². The molecule has 0 aliphatic heterocycles. The maximum atomic E-state index is 12.9. The van der Waals surface area contributed by atoms with Crippen molar-refractivity contribution < 1.29 is 14.4 Å². The first-order chi connectivity index (χ1) is 12.1. The molecule has 2 aromatic carbocycles. The van der Waals surface area contributed by atoms with Crippen LogP contribution in [-0.4, -0.2) is 16.2 Å². The van der Waals surface area contributed by atoms with Crippen molar-refractivity contribution in [3.8, 4) is 11.3 Å². The highest BCUT2D eigenvalue weighted by molar-refractivity contribution is 6.01. The van der Waals surface area contributed by atoms with E-state index in [-0.39, 0.29) is 23.3 Å². The number of aromatic nitrogens is 1. The van der Waals surface area contributed by atoms with Crippen LogP contribution in [0.15, 0.2) is 65.2 Å². The lowest BCUT2D eigenvalue weighted by Gasteiger charge is -2.15. The Balaban J connectivity index is 1.95. The van der Waals surface area contributed by atoms with Gasteiger partial charge in [-0.3, -0.25) is 4.79 Å². The summed E-state index contributed by atoms with van der Waals surface area (Å²) in [6, 6.07) is 18.8. The second kappa shape index (κ2) is 7.32. The van der Waals surface area contributed by atoms with Crippen LogP contribution >= 0.6 is 0 Å². The van der Waals surface area contributed by atoms with E-state index in [2.05, 4.69) is 10.5 Å². The molecule has 0 saturated carbocycles. The van der Waals surface area contributed by atoms with Gasteiger partial charge in [-0.25, -0.2) is 0 Å². The van der Waals surface area contributed by atoms with Crippen LogP contribution in [0.2, 0.25) is 0 Å². The zero-order valence-electron chi connectivity index (χ0n) is 14.1. The first-order valence-corrected chi connectivity index (χ1v) is 8.16. The van der Waals surface area contributed by atoms with Gasteiger partial charge in [-0.05, 0) is 19.4 Å². The molecule has 0 spiro atoms. The van der Waals surface area contributed by atoms with Crippen molar-refractivity contribution in [1.82, 2.24) is 10.5 Å². The number of hydrogen-bond acceptors (Lipinski definition) is 4. The van der Waals surface area contributed by atoms with Crippen LogP contribution in [0.3, 0.4) is 0 Å². The molecule has 1 aromatic heterocycles. The maximum Gasteiger partial charge on any atom is 0.257 e. The van der Waals surface area contributed by atoms with Gasteiger partial charge < -0.3 is 14.9 Å². The molecule has 0 fully saturated rings. The van der Waals surface area contributed by atoms with E-state index in [0.29, 0.717) is 5.69 Å². The van der Waals surface area contributed by atoms with Gasteiger partial charge in [0.25, 0.3) is 5.91 Å². The molecule has 0 saturated heterocycles. The number of nitrogens with zero attached hydrogens (tertiary/aromatic N) is 1. The van der Waals surface area contributed by atoms with Gasteiger partial charge in [-0.15, -0.1) is 0 Å². The van der Waals surface area contributed by atoms with Crippen LogP contribution < -0.4 is 5.32 Å². The first-order valence-electron chi connectivity index (χ1n) is 8.16. The van der Waals surface area contributed by atoms with Gasteiger partial charge in [0.2, 0.25) is 0 Å². The van der Waals surface area contributed by atoms with E-state index in [1.165, 1.54) is 0 Å². The molecule has 2 N–H and O–H groups in total. The summed E-state index contributed by atoms with van der Waals surface area (Å²) >= 11 is 0. The van der Waals surface area contributed by atoms with Gasteiger partial charge in [0.05, 0.1) is 6.04 Å². The zero-order valence-corrected chi connectivity index (χ0v) is 14.1. The Morgan fingerprint density at radius 1 is 1.04 bits per heavy atom. The average Bonchev–Trinajstić information content (AvgIpc) is 3.08. The molecule has 3 rings (SSSR count). The van der Waals surface area contributed by atoms with Gasteiger partial charge in [-0.2, -0.15) is 0 Å². The fraction of sp³-hybridized carbons (Fsp3) is 0.200. The molecule has 5 heteroatoms. The van der Waals surface area contributed by atoms with Crippen LogP contribution in [0.4, 0.5) is 0 Å². The zero-order chi connectivity index (χ0) is 17.8. The predicted octanol–water partition coefficient (Wildman–Crippen LogP) is 3.89. The predicted molar refractivity (Wildman–Crippen MR) is 94.9 cm³/mol. The molecule has 0 radical (unpaired) electrons. The molecule has 1 amide bonds. The van der Waals surface area contributed by atoms with E-state index < -0.39 is 6.10 Å². The summed E-state index contributed by atoms with van der Waals surface area (Å²) in [5.74, 6) is -0.163. The highest BCUT2D eigenvalue weighted by Gasteiger charge is 2.27. The minimum absolute atomic E-state index is 0.164. The van der Waals surface area contributed by atoms with Crippen molar-refractivity contribution in [3.05, 3.63) is 77.6 Å². The molecule has 0 bridgehead atoms. The number of carbonyl (C=O) groups excluding carboxylic acids is 1. The van der Waals surface area contributed by atoms with E-state index in [9.17, 15) is 9.90 Å². The summed E-state index contributed by atoms with van der Waals surface area (Å²) < 4.78 is 5.26. The number of amides is 1. The molecular formula is C20H20N2O3. The molecule has 0 aliphatic carbocycles. The lowest BCUT2D eigenvalue weighted by atomic mass is 10.0. The largest absolute Gasteiger partial charge is 0.385 e. The number of rotatable bonds is 5. The fourth-order valence-electron chi connectivity index (χ4n) is 2.69. The number of carbonyl (C=O) groups is 1. The van der Waals surface area contributed by atoms with Crippen LogP contribution in [0.5, 0.6) is 0 Å². The minimum Gasteiger partial charge on any atom is -0.385 e. The van der Waals surface area contributed by atoms with Crippen molar-refractivity contribution >= 4 is 5.91 Å². The van der Waals surface area contributed by atoms with Crippen molar-refractivity contribution in [1.29, 1.82) is 0 Å². The second-order valence-corrected chi connectivity index (χ2v) is 5.92. The first kappa shape index (κ1) is 16.9. The fourth-order valence-corrected chi connectivity index (χ4v) is 2.69. The van der Waals surface area contributed by atoms with Crippen molar-refractivity contribution in [2.24, 2.45) is 0 Å². The average molecular weight is 336 g/mol. The second-order valence-electron chi connectivity index (χ2n) is 5.92. The van der Waals surface area contributed by atoms with Gasteiger partial charge in [0.1, 0.15) is 17.4 Å². The van der Waals surface area contributed by atoms with E-state index in [1.807, 2.05) is 67.6 Å². The molecule has 0 aliphatic rings. The van der Waals surface area contributed by atoms with Crippen molar-refractivity contribution in [2.45, 2.75) is 26.0 Å². The Kier molecular flexibility index (Phi) is 4.95. The molecule has 0 unspecified atom stereocenters. The lowest BCUT2D eigenvalue weighted by molar-refractivity contribution is 0.0927. The quantitative estimate of drug-likeness (QED) is 0.741. The smallest absolute Gasteiger partial charge is 0.257 e. The third-order valence-electron chi connectivity index (χ3n) is 4.02. The Hall–Kier alpha value is -2.92. The Labute approximate surface area is 146 Å². The van der Waals surface area contributed by atoms with Gasteiger partial charge >= 0.3 is 0 Å². The van der Waals surface area contributed by atoms with E-state index in [1.54, 1.807) is 6.92 Å². The molecule has 5 nitrogen and oxygen atoms in total. The highest BCUT2D eigenvalue weighted by Crippen LogP contribution is 2.29. The van der Waals surface area contributed by atoms with Gasteiger partial charge in [-0.1, -0.05) is 65.8 Å². The third kappa shape index (κ3) is 3.61. The third-order valence-corrected chi connectivity index (χ3v) is 4.02. The van der Waals surface area contributed by atoms with E-state index in [4.69, 9.17) is 4.52 Å². The summed E-state index contributed by atoms with van der Waals surface area (Å²) in [6.45, 7) is 3.46. The van der Waals surface area contributed by atoms with Crippen molar-refractivity contribution in [3.63, 3.8) is 0 Å². The SMILES string of the molecule is C[C@H](O)c1onc(-c2ccccc2)c1C(=O)N[C@H](C)c1ccccc1. The Bertz CT molecular complexity index is 842. The monoisotopic (exact) mass is 336 g/mol. The van der Waals surface area contributed by atoms with Crippen molar-refractivity contribution in [2.75, 3.05) is 0 Å². The summed E-state index contributed by atoms with van der Waals surface area (Å²) in [5, 5.41) is 16.9. The summed E-state index contributed by atoms with van der Waals surface area (Å²) in [5.41, 5.74) is 2.45. The van der Waals surface area contributed by atoms with E-state index >= 15 is 0 Å². The Morgan fingerprint density at radius 3 is 2.24 bits per heavy atom. The maximum absolute atomic E-state index is 12.9. The van der Waals surface area contributed by atoms with Crippen LogP contribution in [0.1, 0.15) is 47.7 Å². The summed E-state index contributed by atoms with van der Waals surface area (Å²) in [6.07, 6.45) is -0.933. The number of aliphatic hydroxyl groups excluding tert-OH is 1. The number of hydrogen-bond donors (Lipinski definition) is 2. The molecule has 25 heavy (non-hydrogen) atoms. The molecule has 2 atom stereocenters. The number of benzene rings is 2. The molecular weight excluding hydrogens is 316 g/mol. The highest BCUT2D eigenvalue weighted by atomic mass is 16.5.